The van der Waals surface area contributed by atoms with E-state index in [1.807, 2.05) is 0 Å². The van der Waals surface area contributed by atoms with Crippen molar-refractivity contribution in [3.8, 4) is 0 Å². The van der Waals surface area contributed by atoms with Crippen molar-refractivity contribution in [1.29, 1.82) is 0 Å². The number of nitrogens with one attached hydrogen (secondary N) is 1. The molecule has 1 fully saturated rings. The number of aliphatic carboxylic acids is 1. The van der Waals surface area contributed by atoms with Gasteiger partial charge in [0, 0.05) is 18.4 Å². The Hall–Kier alpha value is -2.18. The topological polar surface area (TPSA) is 118 Å². The molecule has 0 spiro atoms. The highest BCUT2D eigenvalue weighted by Crippen LogP contribution is 2.25. The summed E-state index contributed by atoms with van der Waals surface area (Å²) in [4.78, 5) is 30.3. The summed E-state index contributed by atoms with van der Waals surface area (Å²) in [5, 5.41) is 11.6. The number of rotatable bonds is 3. The number of aromatic nitrogens is 2. The van der Waals surface area contributed by atoms with Crippen LogP contribution in [0.5, 0.6) is 0 Å². The largest absolute Gasteiger partial charge is 0.481 e. The Kier molecular flexibility index (Phi) is 3.40. The van der Waals surface area contributed by atoms with Gasteiger partial charge < -0.3 is 16.2 Å². The second kappa shape index (κ2) is 4.99. The number of carboxylic acid groups (broad SMARTS) is 1. The summed E-state index contributed by atoms with van der Waals surface area (Å²) in [6.07, 6.45) is 4.47. The summed E-state index contributed by atoms with van der Waals surface area (Å²) in [5.74, 6) is -1.53. The van der Waals surface area contributed by atoms with Crippen molar-refractivity contribution in [2.45, 2.75) is 25.3 Å². The number of amides is 1. The summed E-state index contributed by atoms with van der Waals surface area (Å²) in [6.45, 7) is 0. The molecule has 1 aliphatic rings. The molecular weight excluding hydrogens is 236 g/mol. The van der Waals surface area contributed by atoms with Crippen LogP contribution in [-0.2, 0) is 4.79 Å². The molecule has 1 heterocycles. The summed E-state index contributed by atoms with van der Waals surface area (Å²) in [7, 11) is 0. The maximum Gasteiger partial charge on any atom is 0.306 e. The van der Waals surface area contributed by atoms with E-state index < -0.39 is 11.9 Å². The molecule has 4 N–H and O–H groups in total. The molecule has 0 unspecified atom stereocenters. The number of hydrogen-bond donors (Lipinski definition) is 3. The van der Waals surface area contributed by atoms with Crippen LogP contribution < -0.4 is 11.1 Å². The van der Waals surface area contributed by atoms with Crippen molar-refractivity contribution in [3.63, 3.8) is 0 Å². The van der Waals surface area contributed by atoms with Crippen molar-refractivity contribution >= 4 is 17.7 Å². The van der Waals surface area contributed by atoms with Gasteiger partial charge in [0.1, 0.15) is 0 Å². The van der Waals surface area contributed by atoms with Crippen LogP contribution in [0.3, 0.4) is 0 Å². The Morgan fingerprint density at radius 2 is 2.06 bits per heavy atom. The fourth-order valence-corrected chi connectivity index (χ4v) is 2.11. The average molecular weight is 250 g/mol. The maximum absolute atomic E-state index is 11.9. The van der Waals surface area contributed by atoms with Gasteiger partial charge in [-0.2, -0.15) is 0 Å². The number of hydrogen-bond acceptors (Lipinski definition) is 5. The van der Waals surface area contributed by atoms with Gasteiger partial charge in [-0.05, 0) is 19.3 Å². The smallest absolute Gasteiger partial charge is 0.306 e. The monoisotopic (exact) mass is 250 g/mol. The van der Waals surface area contributed by atoms with Crippen molar-refractivity contribution in [2.24, 2.45) is 5.92 Å². The second-order valence-corrected chi connectivity index (χ2v) is 4.31. The van der Waals surface area contributed by atoms with E-state index >= 15 is 0 Å². The van der Waals surface area contributed by atoms with Gasteiger partial charge in [0.2, 0.25) is 0 Å². The van der Waals surface area contributed by atoms with Crippen molar-refractivity contribution < 1.29 is 14.7 Å². The minimum atomic E-state index is -0.814. The van der Waals surface area contributed by atoms with Gasteiger partial charge >= 0.3 is 5.97 Å². The quantitative estimate of drug-likeness (QED) is 0.697. The molecule has 2 atom stereocenters. The van der Waals surface area contributed by atoms with Gasteiger partial charge in [-0.15, -0.1) is 0 Å². The van der Waals surface area contributed by atoms with Gasteiger partial charge in [0.05, 0.1) is 5.92 Å². The van der Waals surface area contributed by atoms with Crippen LogP contribution in [0.4, 0.5) is 5.82 Å². The van der Waals surface area contributed by atoms with Gasteiger partial charge in [-0.3, -0.25) is 9.59 Å². The molecule has 18 heavy (non-hydrogen) atoms. The first-order valence-corrected chi connectivity index (χ1v) is 5.68. The van der Waals surface area contributed by atoms with Gasteiger partial charge in [-0.1, -0.05) is 0 Å². The third kappa shape index (κ3) is 2.55. The highest BCUT2D eigenvalue weighted by Gasteiger charge is 2.31. The van der Waals surface area contributed by atoms with Crippen LogP contribution in [0.2, 0.25) is 0 Å². The van der Waals surface area contributed by atoms with E-state index in [1.165, 1.54) is 12.4 Å². The molecule has 7 heteroatoms. The average Bonchev–Trinajstić information content (AvgIpc) is 2.78. The molecule has 96 valence electrons. The van der Waals surface area contributed by atoms with Crippen LogP contribution in [-0.4, -0.2) is 33.0 Å². The number of nitrogens with two attached hydrogens (primary N) is 1. The lowest BCUT2D eigenvalue weighted by Gasteiger charge is -2.12. The summed E-state index contributed by atoms with van der Waals surface area (Å²) >= 11 is 0. The fourth-order valence-electron chi connectivity index (χ4n) is 2.11. The Morgan fingerprint density at radius 1 is 1.33 bits per heavy atom. The first-order valence-electron chi connectivity index (χ1n) is 5.68. The molecule has 2 rings (SSSR count). The number of carbonyl (C=O) groups excluding carboxylic acids is 1. The van der Waals surface area contributed by atoms with E-state index in [-0.39, 0.29) is 23.5 Å². The molecule has 1 aromatic heterocycles. The van der Waals surface area contributed by atoms with Crippen LogP contribution in [0.1, 0.15) is 29.8 Å². The Labute approximate surface area is 103 Å². The Morgan fingerprint density at radius 3 is 2.67 bits per heavy atom. The number of anilines is 1. The predicted molar refractivity (Wildman–Crippen MR) is 62.7 cm³/mol. The number of nitrogen functional groups attached to an aromatic ring is 1. The molecule has 1 aromatic rings. The Bertz CT molecular complexity index is 477. The zero-order valence-electron chi connectivity index (χ0n) is 9.67. The van der Waals surface area contributed by atoms with Gasteiger partial charge in [0.25, 0.3) is 5.91 Å². The predicted octanol–water partition coefficient (Wildman–Crippen LogP) is 0.0419. The van der Waals surface area contributed by atoms with E-state index in [4.69, 9.17) is 10.8 Å². The van der Waals surface area contributed by atoms with E-state index in [1.54, 1.807) is 0 Å². The lowest BCUT2D eigenvalue weighted by Crippen LogP contribution is -2.34. The zero-order valence-corrected chi connectivity index (χ0v) is 9.67. The molecule has 0 bridgehead atoms. The highest BCUT2D eigenvalue weighted by molar-refractivity contribution is 5.96. The van der Waals surface area contributed by atoms with Crippen LogP contribution in [0.15, 0.2) is 12.4 Å². The SMILES string of the molecule is Nc1nccnc1C(=O)N[C@@H]1CC[C@H](C(=O)O)C1. The fraction of sp³-hybridized carbons (Fsp3) is 0.455. The molecule has 0 saturated heterocycles. The zero-order chi connectivity index (χ0) is 13.1. The van der Waals surface area contributed by atoms with Crippen LogP contribution in [0.25, 0.3) is 0 Å². The molecule has 0 radical (unpaired) electrons. The Balaban J connectivity index is 1.97. The first-order chi connectivity index (χ1) is 8.58. The molecule has 1 saturated carbocycles. The third-order valence-corrected chi connectivity index (χ3v) is 3.06. The molecule has 0 aromatic carbocycles. The van der Waals surface area contributed by atoms with E-state index in [0.29, 0.717) is 19.3 Å². The van der Waals surface area contributed by atoms with Crippen molar-refractivity contribution in [1.82, 2.24) is 15.3 Å². The second-order valence-electron chi connectivity index (χ2n) is 4.31. The number of nitrogens with zero attached hydrogens (tertiary/aromatic N) is 2. The van der Waals surface area contributed by atoms with Gasteiger partial charge in [0.15, 0.2) is 11.5 Å². The standard InChI is InChI=1S/C11H14N4O3/c12-9-8(13-3-4-14-9)10(16)15-7-2-1-6(5-7)11(17)18/h3-4,6-7H,1-2,5H2,(H2,12,14)(H,15,16)(H,17,18)/t6-,7+/m0/s1. The van der Waals surface area contributed by atoms with Crippen LogP contribution >= 0.6 is 0 Å². The maximum atomic E-state index is 11.9. The molecular formula is C11H14N4O3. The molecule has 7 nitrogen and oxygen atoms in total. The van der Waals surface area contributed by atoms with Crippen LogP contribution in [0, 0.1) is 5.92 Å². The van der Waals surface area contributed by atoms with Crippen molar-refractivity contribution in [3.05, 3.63) is 18.1 Å². The first kappa shape index (κ1) is 12.3. The summed E-state index contributed by atoms with van der Waals surface area (Å²) in [6, 6.07) is -0.139. The minimum Gasteiger partial charge on any atom is -0.481 e. The normalized spacial score (nSPS) is 22.7. The summed E-state index contributed by atoms with van der Waals surface area (Å²) in [5.41, 5.74) is 5.62. The lowest BCUT2D eigenvalue weighted by atomic mass is 10.1. The molecule has 1 amide bonds. The van der Waals surface area contributed by atoms with E-state index in [2.05, 4.69) is 15.3 Å². The third-order valence-electron chi connectivity index (χ3n) is 3.06. The van der Waals surface area contributed by atoms with E-state index in [0.717, 1.165) is 0 Å². The summed E-state index contributed by atoms with van der Waals surface area (Å²) < 4.78 is 0. The van der Waals surface area contributed by atoms with Gasteiger partial charge in [-0.25, -0.2) is 9.97 Å². The molecule has 1 aliphatic carbocycles. The van der Waals surface area contributed by atoms with Crippen molar-refractivity contribution in [2.75, 3.05) is 5.73 Å². The molecule has 0 aliphatic heterocycles. The highest BCUT2D eigenvalue weighted by atomic mass is 16.4. The number of carboxylic acids is 1. The lowest BCUT2D eigenvalue weighted by molar-refractivity contribution is -0.141. The number of carbonyl (C=O) groups is 2. The minimum absolute atomic E-state index is 0.0720. The van der Waals surface area contributed by atoms with E-state index in [9.17, 15) is 9.59 Å².